The number of nitrogens with zero attached hydrogens (tertiary/aromatic N) is 2. The second kappa shape index (κ2) is 5.25. The van der Waals surface area contributed by atoms with E-state index in [-0.39, 0.29) is 0 Å². The third-order valence-electron chi connectivity index (χ3n) is 3.39. The molecule has 1 heterocycles. The zero-order valence-electron chi connectivity index (χ0n) is 11.0. The van der Waals surface area contributed by atoms with Crippen LogP contribution in [0.3, 0.4) is 0 Å². The van der Waals surface area contributed by atoms with Gasteiger partial charge in [-0.25, -0.2) is 4.68 Å². The number of benzene rings is 1. The highest BCUT2D eigenvalue weighted by molar-refractivity contribution is 6.17. The summed E-state index contributed by atoms with van der Waals surface area (Å²) in [5.74, 6) is 2.05. The Labute approximate surface area is 118 Å². The minimum absolute atomic E-state index is 0.531. The van der Waals surface area contributed by atoms with Gasteiger partial charge < -0.3 is 4.74 Å². The first-order valence-corrected chi connectivity index (χ1v) is 7.23. The van der Waals surface area contributed by atoms with E-state index in [2.05, 4.69) is 5.10 Å². The van der Waals surface area contributed by atoms with Crippen molar-refractivity contribution in [1.82, 2.24) is 9.78 Å². The van der Waals surface area contributed by atoms with Gasteiger partial charge in [-0.1, -0.05) is 0 Å². The monoisotopic (exact) mass is 276 g/mol. The maximum absolute atomic E-state index is 6.00. The number of alkyl halides is 1. The van der Waals surface area contributed by atoms with Crippen molar-refractivity contribution in [3.8, 4) is 11.4 Å². The third-order valence-corrected chi connectivity index (χ3v) is 3.67. The largest absolute Gasteiger partial charge is 0.494 e. The Morgan fingerprint density at radius 1 is 1.32 bits per heavy atom. The van der Waals surface area contributed by atoms with Crippen molar-refractivity contribution in [3.63, 3.8) is 0 Å². The highest BCUT2D eigenvalue weighted by Crippen LogP contribution is 2.42. The smallest absolute Gasteiger partial charge is 0.119 e. The molecule has 0 radical (unpaired) electrons. The highest BCUT2D eigenvalue weighted by Gasteiger charge is 2.30. The second-order valence-corrected chi connectivity index (χ2v) is 5.07. The fraction of sp³-hybridized carbons (Fsp3) is 0.400. The molecule has 3 rings (SSSR count). The van der Waals surface area contributed by atoms with Crippen molar-refractivity contribution in [3.05, 3.63) is 41.7 Å². The Hall–Kier alpha value is -1.48. The van der Waals surface area contributed by atoms with Crippen LogP contribution >= 0.6 is 11.6 Å². The van der Waals surface area contributed by atoms with Gasteiger partial charge in [0, 0.05) is 11.5 Å². The lowest BCUT2D eigenvalue weighted by Gasteiger charge is -2.09. The fourth-order valence-electron chi connectivity index (χ4n) is 2.34. The molecule has 0 atom stereocenters. The molecule has 0 bridgehead atoms. The Morgan fingerprint density at radius 3 is 2.63 bits per heavy atom. The van der Waals surface area contributed by atoms with Crippen LogP contribution in [-0.4, -0.2) is 16.4 Å². The van der Waals surface area contributed by atoms with Crippen molar-refractivity contribution in [2.75, 3.05) is 6.61 Å². The van der Waals surface area contributed by atoms with Crippen molar-refractivity contribution in [2.45, 2.75) is 31.6 Å². The van der Waals surface area contributed by atoms with Gasteiger partial charge >= 0.3 is 0 Å². The van der Waals surface area contributed by atoms with E-state index in [0.29, 0.717) is 18.4 Å². The van der Waals surface area contributed by atoms with E-state index in [4.69, 9.17) is 16.3 Å². The predicted molar refractivity (Wildman–Crippen MR) is 76.3 cm³/mol. The summed E-state index contributed by atoms with van der Waals surface area (Å²) in [6, 6.07) is 8.05. The lowest BCUT2D eigenvalue weighted by atomic mass is 10.2. The van der Waals surface area contributed by atoms with Gasteiger partial charge in [0.25, 0.3) is 0 Å². The zero-order chi connectivity index (χ0) is 13.2. The molecular weight excluding hydrogens is 260 g/mol. The van der Waals surface area contributed by atoms with Crippen LogP contribution in [0.1, 0.15) is 36.9 Å². The molecule has 1 aliphatic carbocycles. The predicted octanol–water partition coefficient (Wildman–Crippen LogP) is 3.89. The highest BCUT2D eigenvalue weighted by atomic mass is 35.5. The summed E-state index contributed by atoms with van der Waals surface area (Å²) < 4.78 is 7.48. The van der Waals surface area contributed by atoms with Gasteiger partial charge in [-0.3, -0.25) is 0 Å². The third kappa shape index (κ3) is 2.47. The Morgan fingerprint density at radius 2 is 2.05 bits per heavy atom. The first-order chi connectivity index (χ1) is 9.33. The maximum atomic E-state index is 6.00. The molecule has 4 heteroatoms. The summed E-state index contributed by atoms with van der Waals surface area (Å²) in [5.41, 5.74) is 3.50. The minimum Gasteiger partial charge on any atom is -0.494 e. The molecule has 1 saturated carbocycles. The molecule has 3 nitrogen and oxygen atoms in total. The first kappa shape index (κ1) is 12.5. The van der Waals surface area contributed by atoms with Gasteiger partial charge in [0.15, 0.2) is 0 Å². The maximum Gasteiger partial charge on any atom is 0.119 e. The van der Waals surface area contributed by atoms with E-state index in [1.807, 2.05) is 42.1 Å². The topological polar surface area (TPSA) is 27.1 Å². The van der Waals surface area contributed by atoms with Gasteiger partial charge in [-0.15, -0.1) is 11.6 Å². The number of ether oxygens (including phenoxy) is 1. The summed E-state index contributed by atoms with van der Waals surface area (Å²) in [4.78, 5) is 0. The second-order valence-electron chi connectivity index (χ2n) is 4.80. The molecule has 0 saturated heterocycles. The first-order valence-electron chi connectivity index (χ1n) is 6.69. The van der Waals surface area contributed by atoms with E-state index < -0.39 is 0 Å². The van der Waals surface area contributed by atoms with Crippen LogP contribution in [0.25, 0.3) is 5.69 Å². The Bertz CT molecular complexity index is 558. The van der Waals surface area contributed by atoms with Crippen LogP contribution in [0, 0.1) is 0 Å². The molecule has 1 aromatic carbocycles. The van der Waals surface area contributed by atoms with E-state index in [1.54, 1.807) is 0 Å². The average Bonchev–Trinajstić information content (AvgIpc) is 3.19. The van der Waals surface area contributed by atoms with Crippen LogP contribution in [0.2, 0.25) is 0 Å². The van der Waals surface area contributed by atoms with Crippen LogP contribution < -0.4 is 4.74 Å². The Balaban J connectivity index is 1.95. The number of hydrogen-bond acceptors (Lipinski definition) is 2. The summed E-state index contributed by atoms with van der Waals surface area (Å²) in [7, 11) is 0. The molecule has 2 aromatic rings. The van der Waals surface area contributed by atoms with Gasteiger partial charge in [0.2, 0.25) is 0 Å². The molecule has 0 amide bonds. The minimum atomic E-state index is 0.531. The van der Waals surface area contributed by atoms with Gasteiger partial charge in [0.1, 0.15) is 5.75 Å². The van der Waals surface area contributed by atoms with Crippen LogP contribution in [-0.2, 0) is 5.88 Å². The summed E-state index contributed by atoms with van der Waals surface area (Å²) >= 11 is 6.00. The molecule has 0 aliphatic heterocycles. The SMILES string of the molecule is CCOc1ccc(-n2ncc(CCl)c2C2CC2)cc1. The summed E-state index contributed by atoms with van der Waals surface area (Å²) in [6.07, 6.45) is 4.37. The average molecular weight is 277 g/mol. The lowest BCUT2D eigenvalue weighted by molar-refractivity contribution is 0.340. The van der Waals surface area contributed by atoms with E-state index in [9.17, 15) is 0 Å². The van der Waals surface area contributed by atoms with E-state index in [1.165, 1.54) is 18.5 Å². The number of hydrogen-bond donors (Lipinski definition) is 0. The van der Waals surface area contributed by atoms with Crippen LogP contribution in [0.4, 0.5) is 0 Å². The normalized spacial score (nSPS) is 14.6. The van der Waals surface area contributed by atoms with E-state index in [0.717, 1.165) is 17.0 Å². The standard InChI is InChI=1S/C15H17ClN2O/c1-2-19-14-7-5-13(6-8-14)18-15(11-3-4-11)12(9-16)10-17-18/h5-8,10-11H,2-4,9H2,1H3. The molecule has 0 spiro atoms. The van der Waals surface area contributed by atoms with Gasteiger partial charge in [-0.2, -0.15) is 5.10 Å². The molecule has 0 unspecified atom stereocenters. The molecule has 1 fully saturated rings. The van der Waals surface area contributed by atoms with Crippen LogP contribution in [0.5, 0.6) is 5.75 Å². The Kier molecular flexibility index (Phi) is 3.47. The molecule has 1 aliphatic rings. The number of aromatic nitrogens is 2. The number of halogens is 1. The summed E-state index contributed by atoms with van der Waals surface area (Å²) in [5, 5.41) is 4.49. The van der Waals surface area contributed by atoms with Gasteiger partial charge in [-0.05, 0) is 44.0 Å². The lowest BCUT2D eigenvalue weighted by Crippen LogP contribution is -2.02. The quantitative estimate of drug-likeness (QED) is 0.775. The number of rotatable bonds is 5. The zero-order valence-corrected chi connectivity index (χ0v) is 11.7. The van der Waals surface area contributed by atoms with Crippen molar-refractivity contribution in [2.24, 2.45) is 0 Å². The van der Waals surface area contributed by atoms with Crippen molar-refractivity contribution < 1.29 is 4.74 Å². The van der Waals surface area contributed by atoms with Crippen LogP contribution in [0.15, 0.2) is 30.5 Å². The molecular formula is C15H17ClN2O. The van der Waals surface area contributed by atoms with Gasteiger partial charge in [0.05, 0.1) is 30.1 Å². The molecule has 1 aromatic heterocycles. The fourth-order valence-corrected chi connectivity index (χ4v) is 2.55. The van der Waals surface area contributed by atoms with Crippen molar-refractivity contribution >= 4 is 11.6 Å². The summed E-state index contributed by atoms with van der Waals surface area (Å²) in [6.45, 7) is 2.67. The molecule has 0 N–H and O–H groups in total. The van der Waals surface area contributed by atoms with Crippen molar-refractivity contribution in [1.29, 1.82) is 0 Å². The van der Waals surface area contributed by atoms with E-state index >= 15 is 0 Å². The molecule has 19 heavy (non-hydrogen) atoms. The molecule has 100 valence electrons.